The number of aliphatic hydroxyl groups is 1. The maximum absolute atomic E-state index is 15.3. The van der Waals surface area contributed by atoms with Gasteiger partial charge in [-0.05, 0) is 53.3 Å². The molecule has 0 fully saturated rings. The third kappa shape index (κ3) is 6.03. The van der Waals surface area contributed by atoms with Gasteiger partial charge in [0.15, 0.2) is 17.5 Å². The lowest BCUT2D eigenvalue weighted by Crippen LogP contribution is -2.02. The smallest absolute Gasteiger partial charge is 0.194 e. The van der Waals surface area contributed by atoms with Crippen LogP contribution in [-0.2, 0) is 13.0 Å². The van der Waals surface area contributed by atoms with E-state index in [-0.39, 0.29) is 16.7 Å². The minimum atomic E-state index is -1.66. The summed E-state index contributed by atoms with van der Waals surface area (Å²) in [7, 11) is 0. The Labute approximate surface area is 197 Å². The molecule has 0 aliphatic carbocycles. The molecule has 0 amide bonds. The molecule has 6 heteroatoms. The second-order valence-corrected chi connectivity index (χ2v) is 8.55. The van der Waals surface area contributed by atoms with Crippen LogP contribution < -0.4 is 0 Å². The van der Waals surface area contributed by atoms with Crippen LogP contribution in [0.2, 0.25) is 0 Å². The monoisotopic (exact) mass is 476 g/mol. The van der Waals surface area contributed by atoms with E-state index in [1.807, 2.05) is 12.1 Å². The molecule has 0 atom stereocenters. The van der Waals surface area contributed by atoms with E-state index in [2.05, 4.69) is 6.92 Å². The molecule has 1 nitrogen and oxygen atoms in total. The number of halogens is 5. The highest BCUT2D eigenvalue weighted by Crippen LogP contribution is 2.38. The van der Waals surface area contributed by atoms with Crippen LogP contribution in [0.4, 0.5) is 22.0 Å². The van der Waals surface area contributed by atoms with Crippen molar-refractivity contribution in [1.82, 2.24) is 0 Å². The van der Waals surface area contributed by atoms with Gasteiger partial charge in [-0.3, -0.25) is 0 Å². The lowest BCUT2D eigenvalue weighted by Gasteiger charge is -2.16. The quantitative estimate of drug-likeness (QED) is 0.167. The Morgan fingerprint density at radius 3 is 1.82 bits per heavy atom. The first-order valence-corrected chi connectivity index (χ1v) is 11.7. The summed E-state index contributed by atoms with van der Waals surface area (Å²) in [4.78, 5) is 0. The summed E-state index contributed by atoms with van der Waals surface area (Å²) in [5, 5.41) is 9.44. The first kappa shape index (κ1) is 25.9. The molecule has 0 aliphatic rings. The summed E-state index contributed by atoms with van der Waals surface area (Å²) in [5.41, 5.74) is 0.413. The molecule has 0 bridgehead atoms. The maximum Gasteiger partial charge on any atom is 0.194 e. The fourth-order valence-electron chi connectivity index (χ4n) is 4.15. The molecule has 0 aliphatic heterocycles. The van der Waals surface area contributed by atoms with E-state index in [1.165, 1.54) is 32.1 Å². The first-order chi connectivity index (χ1) is 16.4. The van der Waals surface area contributed by atoms with Gasteiger partial charge < -0.3 is 5.11 Å². The molecular formula is C28H29F5O. The standard InChI is InChI=1S/C28H29F5O/c1-2-3-4-5-6-7-8-9-18-10-12-19(13-11-18)26-21(16-23(29)22(17-34)27(26)32)20-14-24(30)28(33)25(31)15-20/h10-16,34H,2-9,17H2,1H3. The van der Waals surface area contributed by atoms with Crippen molar-refractivity contribution in [2.75, 3.05) is 0 Å². The van der Waals surface area contributed by atoms with Gasteiger partial charge in [0.1, 0.15) is 11.6 Å². The van der Waals surface area contributed by atoms with Crippen LogP contribution >= 0.6 is 0 Å². The van der Waals surface area contributed by atoms with Crippen molar-refractivity contribution in [3.8, 4) is 22.3 Å². The van der Waals surface area contributed by atoms with E-state index in [9.17, 15) is 22.7 Å². The van der Waals surface area contributed by atoms with Crippen LogP contribution in [0.3, 0.4) is 0 Å². The van der Waals surface area contributed by atoms with Gasteiger partial charge in [-0.15, -0.1) is 0 Å². The van der Waals surface area contributed by atoms with Crippen LogP contribution in [0.15, 0.2) is 42.5 Å². The van der Waals surface area contributed by atoms with Gasteiger partial charge in [0, 0.05) is 11.1 Å². The topological polar surface area (TPSA) is 20.2 Å². The third-order valence-corrected chi connectivity index (χ3v) is 6.08. The number of benzene rings is 3. The molecule has 0 spiro atoms. The average Bonchev–Trinajstić information content (AvgIpc) is 2.82. The van der Waals surface area contributed by atoms with Crippen molar-refractivity contribution >= 4 is 0 Å². The molecule has 34 heavy (non-hydrogen) atoms. The van der Waals surface area contributed by atoms with Crippen molar-refractivity contribution in [2.24, 2.45) is 0 Å². The van der Waals surface area contributed by atoms with E-state index in [4.69, 9.17) is 0 Å². The number of hydrogen-bond acceptors (Lipinski definition) is 1. The summed E-state index contributed by atoms with van der Waals surface area (Å²) in [6.45, 7) is 1.30. The molecule has 0 radical (unpaired) electrons. The van der Waals surface area contributed by atoms with Crippen molar-refractivity contribution in [2.45, 2.75) is 64.9 Å². The molecule has 3 aromatic carbocycles. The summed E-state index contributed by atoms with van der Waals surface area (Å²) < 4.78 is 70.9. The van der Waals surface area contributed by atoms with Gasteiger partial charge in [0.2, 0.25) is 0 Å². The molecule has 0 saturated carbocycles. The Morgan fingerprint density at radius 2 is 1.24 bits per heavy atom. The average molecular weight is 477 g/mol. The number of unbranched alkanes of at least 4 members (excludes halogenated alkanes) is 6. The molecule has 0 aromatic heterocycles. The molecule has 3 aromatic rings. The number of aryl methyl sites for hydroxylation is 1. The van der Waals surface area contributed by atoms with E-state index in [0.29, 0.717) is 17.7 Å². The van der Waals surface area contributed by atoms with E-state index in [1.54, 1.807) is 12.1 Å². The predicted octanol–water partition coefficient (Wildman–Crippen LogP) is 8.50. The lowest BCUT2D eigenvalue weighted by atomic mass is 9.91. The SMILES string of the molecule is CCCCCCCCCc1ccc(-c2c(-c3cc(F)c(F)c(F)c3)cc(F)c(CO)c2F)cc1. The minimum absolute atomic E-state index is 0.113. The molecule has 0 heterocycles. The van der Waals surface area contributed by atoms with E-state index in [0.717, 1.165) is 30.9 Å². The van der Waals surface area contributed by atoms with Crippen molar-refractivity contribution in [3.63, 3.8) is 0 Å². The zero-order valence-corrected chi connectivity index (χ0v) is 19.2. The summed E-state index contributed by atoms with van der Waals surface area (Å²) in [6, 6.07) is 9.30. The van der Waals surface area contributed by atoms with Crippen molar-refractivity contribution in [3.05, 3.63) is 82.7 Å². The van der Waals surface area contributed by atoms with Gasteiger partial charge in [0.25, 0.3) is 0 Å². The first-order valence-electron chi connectivity index (χ1n) is 11.7. The van der Waals surface area contributed by atoms with Crippen LogP contribution in [0.5, 0.6) is 0 Å². The highest BCUT2D eigenvalue weighted by atomic mass is 19.2. The van der Waals surface area contributed by atoms with Gasteiger partial charge in [-0.2, -0.15) is 0 Å². The zero-order valence-electron chi connectivity index (χ0n) is 19.2. The minimum Gasteiger partial charge on any atom is -0.391 e. The van der Waals surface area contributed by atoms with Crippen LogP contribution in [0.1, 0.15) is 63.0 Å². The molecule has 182 valence electrons. The van der Waals surface area contributed by atoms with Gasteiger partial charge in [-0.1, -0.05) is 69.7 Å². The summed E-state index contributed by atoms with van der Waals surface area (Å²) >= 11 is 0. The Kier molecular flexibility index (Phi) is 9.22. The highest BCUT2D eigenvalue weighted by Gasteiger charge is 2.22. The van der Waals surface area contributed by atoms with Crippen LogP contribution in [0.25, 0.3) is 22.3 Å². The molecule has 0 saturated heterocycles. The fourth-order valence-corrected chi connectivity index (χ4v) is 4.15. The number of rotatable bonds is 11. The molecule has 1 N–H and O–H groups in total. The molecular weight excluding hydrogens is 447 g/mol. The van der Waals surface area contributed by atoms with Crippen LogP contribution in [-0.4, -0.2) is 5.11 Å². The summed E-state index contributed by atoms with van der Waals surface area (Å²) in [5.74, 6) is -6.66. The largest absolute Gasteiger partial charge is 0.391 e. The van der Waals surface area contributed by atoms with Gasteiger partial charge in [0.05, 0.1) is 6.61 Å². The normalized spacial score (nSPS) is 11.3. The predicted molar refractivity (Wildman–Crippen MR) is 125 cm³/mol. The zero-order chi connectivity index (χ0) is 24.7. The second kappa shape index (κ2) is 12.1. The highest BCUT2D eigenvalue weighted by molar-refractivity contribution is 5.84. The Hall–Kier alpha value is -2.73. The second-order valence-electron chi connectivity index (χ2n) is 8.55. The third-order valence-electron chi connectivity index (χ3n) is 6.08. The molecule has 0 unspecified atom stereocenters. The van der Waals surface area contributed by atoms with Gasteiger partial charge in [-0.25, -0.2) is 22.0 Å². The summed E-state index contributed by atoms with van der Waals surface area (Å²) in [6.07, 6.45) is 9.19. The Morgan fingerprint density at radius 1 is 0.647 bits per heavy atom. The van der Waals surface area contributed by atoms with Crippen molar-refractivity contribution < 1.29 is 27.1 Å². The van der Waals surface area contributed by atoms with Crippen LogP contribution in [0, 0.1) is 29.1 Å². The number of hydrogen-bond donors (Lipinski definition) is 1. The van der Waals surface area contributed by atoms with E-state index < -0.39 is 41.3 Å². The molecule has 3 rings (SSSR count). The fraction of sp³-hybridized carbons (Fsp3) is 0.357. The van der Waals surface area contributed by atoms with Crippen molar-refractivity contribution in [1.29, 1.82) is 0 Å². The lowest BCUT2D eigenvalue weighted by molar-refractivity contribution is 0.269. The van der Waals surface area contributed by atoms with E-state index >= 15 is 4.39 Å². The maximum atomic E-state index is 15.3. The number of aliphatic hydroxyl groups excluding tert-OH is 1. The Balaban J connectivity index is 1.88. The van der Waals surface area contributed by atoms with Gasteiger partial charge >= 0.3 is 0 Å². The Bertz CT molecular complexity index is 1090.